The molecule has 1 amide bonds. The first-order valence-electron chi connectivity index (χ1n) is 7.15. The second-order valence-corrected chi connectivity index (χ2v) is 5.80. The van der Waals surface area contributed by atoms with Gasteiger partial charge in [0.15, 0.2) is 0 Å². The van der Waals surface area contributed by atoms with E-state index in [1.165, 1.54) is 0 Å². The first kappa shape index (κ1) is 19.7. The molecule has 0 bridgehead atoms. The lowest BCUT2D eigenvalue weighted by molar-refractivity contribution is -0.140. The van der Waals surface area contributed by atoms with Gasteiger partial charge in [0.2, 0.25) is 0 Å². The molecule has 1 aromatic rings. The largest absolute Gasteiger partial charge is 0.419 e. The Morgan fingerprint density at radius 3 is 2.39 bits per heavy atom. The lowest BCUT2D eigenvalue weighted by Crippen LogP contribution is -2.51. The number of benzene rings is 1. The van der Waals surface area contributed by atoms with Gasteiger partial charge in [0.05, 0.1) is 5.56 Å². The summed E-state index contributed by atoms with van der Waals surface area (Å²) in [5.74, 6) is -2.08. The quantitative estimate of drug-likeness (QED) is 0.814. The maximum absolute atomic E-state index is 13.2. The minimum atomic E-state index is -4.83. The van der Waals surface area contributed by atoms with Crippen molar-refractivity contribution in [2.24, 2.45) is 5.73 Å². The summed E-state index contributed by atoms with van der Waals surface area (Å²) in [5, 5.41) is 2.55. The Bertz CT molecular complexity index is 557. The van der Waals surface area contributed by atoms with Crippen LogP contribution in [0.2, 0.25) is 0 Å². The standard InChI is InChI=1S/C15H18F4N2O.ClH/c16-12-5-4-10(8-11(12)15(17,18)19)13(22)21-9-14(20)6-2-1-3-7-14;/h4-5,8H,1-3,6-7,9,20H2,(H,21,22);1H. The summed E-state index contributed by atoms with van der Waals surface area (Å²) in [6, 6.07) is 2.20. The van der Waals surface area contributed by atoms with Crippen LogP contribution in [0.3, 0.4) is 0 Å². The van der Waals surface area contributed by atoms with Crippen molar-refractivity contribution in [1.82, 2.24) is 5.32 Å². The minimum absolute atomic E-state index is 0. The van der Waals surface area contributed by atoms with E-state index in [-0.39, 0.29) is 24.5 Å². The van der Waals surface area contributed by atoms with Crippen LogP contribution in [0.5, 0.6) is 0 Å². The predicted molar refractivity (Wildman–Crippen MR) is 81.0 cm³/mol. The summed E-state index contributed by atoms with van der Waals surface area (Å²) >= 11 is 0. The van der Waals surface area contributed by atoms with Crippen molar-refractivity contribution in [3.8, 4) is 0 Å². The molecule has 0 aliphatic heterocycles. The molecule has 0 aromatic heterocycles. The van der Waals surface area contributed by atoms with Gasteiger partial charge in [-0.05, 0) is 31.0 Å². The SMILES string of the molecule is Cl.NC1(CNC(=O)c2ccc(F)c(C(F)(F)F)c2)CCCCC1. The topological polar surface area (TPSA) is 55.1 Å². The zero-order valence-corrected chi connectivity index (χ0v) is 13.2. The first-order chi connectivity index (χ1) is 10.2. The molecule has 1 aliphatic rings. The Morgan fingerprint density at radius 1 is 1.22 bits per heavy atom. The number of hydrogen-bond acceptors (Lipinski definition) is 2. The summed E-state index contributed by atoms with van der Waals surface area (Å²) in [6.07, 6.45) is -0.254. The molecule has 3 nitrogen and oxygen atoms in total. The normalized spacial score (nSPS) is 17.3. The number of halogens is 5. The number of nitrogens with two attached hydrogens (primary N) is 1. The van der Waals surface area contributed by atoms with Gasteiger partial charge in [-0.2, -0.15) is 13.2 Å². The molecule has 1 aromatic carbocycles. The van der Waals surface area contributed by atoms with Crippen molar-refractivity contribution < 1.29 is 22.4 Å². The van der Waals surface area contributed by atoms with Gasteiger partial charge in [-0.3, -0.25) is 4.79 Å². The van der Waals surface area contributed by atoms with Gasteiger partial charge in [0.1, 0.15) is 5.82 Å². The molecular weight excluding hydrogens is 336 g/mol. The number of hydrogen-bond donors (Lipinski definition) is 2. The molecule has 23 heavy (non-hydrogen) atoms. The summed E-state index contributed by atoms with van der Waals surface area (Å²) in [7, 11) is 0. The van der Waals surface area contributed by atoms with Gasteiger partial charge >= 0.3 is 6.18 Å². The highest BCUT2D eigenvalue weighted by molar-refractivity contribution is 5.94. The summed E-state index contributed by atoms with van der Waals surface area (Å²) in [5.41, 5.74) is 3.97. The first-order valence-corrected chi connectivity index (χ1v) is 7.15. The van der Waals surface area contributed by atoms with Crippen LogP contribution in [0.1, 0.15) is 48.0 Å². The number of nitrogens with one attached hydrogen (secondary N) is 1. The van der Waals surface area contributed by atoms with E-state index in [2.05, 4.69) is 5.32 Å². The van der Waals surface area contributed by atoms with Gasteiger partial charge in [0, 0.05) is 17.6 Å². The van der Waals surface area contributed by atoms with Crippen LogP contribution in [-0.4, -0.2) is 18.0 Å². The molecule has 1 saturated carbocycles. The van der Waals surface area contributed by atoms with Gasteiger partial charge in [-0.1, -0.05) is 19.3 Å². The van der Waals surface area contributed by atoms with Crippen LogP contribution < -0.4 is 11.1 Å². The van der Waals surface area contributed by atoms with Crippen molar-refractivity contribution in [1.29, 1.82) is 0 Å². The van der Waals surface area contributed by atoms with Crippen LogP contribution in [0.25, 0.3) is 0 Å². The second-order valence-electron chi connectivity index (χ2n) is 5.80. The summed E-state index contributed by atoms with van der Waals surface area (Å²) in [6.45, 7) is 0.199. The zero-order valence-electron chi connectivity index (χ0n) is 12.4. The van der Waals surface area contributed by atoms with Crippen LogP contribution in [0.15, 0.2) is 18.2 Å². The number of rotatable bonds is 3. The number of amides is 1. The van der Waals surface area contributed by atoms with Crippen LogP contribution in [0, 0.1) is 5.82 Å². The lowest BCUT2D eigenvalue weighted by atomic mass is 9.82. The molecule has 0 saturated heterocycles. The molecule has 0 unspecified atom stereocenters. The highest BCUT2D eigenvalue weighted by Gasteiger charge is 2.35. The monoisotopic (exact) mass is 354 g/mol. The van der Waals surface area contributed by atoms with Crippen LogP contribution >= 0.6 is 12.4 Å². The van der Waals surface area contributed by atoms with E-state index in [1.807, 2.05) is 0 Å². The molecule has 0 heterocycles. The fourth-order valence-corrected chi connectivity index (χ4v) is 2.67. The highest BCUT2D eigenvalue weighted by Crippen LogP contribution is 2.32. The predicted octanol–water partition coefficient (Wildman–Crippen LogP) is 3.66. The molecule has 3 N–H and O–H groups in total. The van der Waals surface area contributed by atoms with Crippen molar-refractivity contribution in [3.05, 3.63) is 35.1 Å². The van der Waals surface area contributed by atoms with E-state index in [9.17, 15) is 22.4 Å². The molecule has 8 heteroatoms. The Hall–Kier alpha value is -1.34. The van der Waals surface area contributed by atoms with Crippen molar-refractivity contribution in [2.75, 3.05) is 6.54 Å². The summed E-state index contributed by atoms with van der Waals surface area (Å²) < 4.78 is 51.1. The average Bonchev–Trinajstić information content (AvgIpc) is 2.45. The number of carbonyl (C=O) groups excluding carboxylic acids is 1. The second kappa shape index (κ2) is 7.49. The van der Waals surface area contributed by atoms with Gasteiger partial charge in [-0.15, -0.1) is 12.4 Å². The molecule has 1 aliphatic carbocycles. The smallest absolute Gasteiger partial charge is 0.350 e. The Morgan fingerprint density at radius 2 is 1.83 bits per heavy atom. The van der Waals surface area contributed by atoms with Crippen LogP contribution in [0.4, 0.5) is 17.6 Å². The maximum atomic E-state index is 13.2. The fourth-order valence-electron chi connectivity index (χ4n) is 2.67. The molecule has 0 radical (unpaired) electrons. The molecule has 0 atom stereocenters. The van der Waals surface area contributed by atoms with Crippen molar-refractivity contribution >= 4 is 18.3 Å². The van der Waals surface area contributed by atoms with Crippen LogP contribution in [-0.2, 0) is 6.18 Å². The van der Waals surface area contributed by atoms with E-state index in [0.29, 0.717) is 12.1 Å². The number of alkyl halides is 3. The third kappa shape index (κ3) is 5.07. The summed E-state index contributed by atoms with van der Waals surface area (Å²) in [4.78, 5) is 12.0. The van der Waals surface area contributed by atoms with Gasteiger partial charge in [0.25, 0.3) is 5.91 Å². The van der Waals surface area contributed by atoms with E-state index in [0.717, 1.165) is 38.2 Å². The average molecular weight is 355 g/mol. The Kier molecular flexibility index (Phi) is 6.41. The lowest BCUT2D eigenvalue weighted by Gasteiger charge is -2.33. The zero-order chi connectivity index (χ0) is 16.4. The Balaban J connectivity index is 0.00000264. The minimum Gasteiger partial charge on any atom is -0.350 e. The van der Waals surface area contributed by atoms with Crippen molar-refractivity contribution in [3.63, 3.8) is 0 Å². The molecule has 1 fully saturated rings. The maximum Gasteiger partial charge on any atom is 0.419 e. The third-order valence-corrected chi connectivity index (χ3v) is 3.98. The Labute approximate surface area is 138 Å². The molecule has 0 spiro atoms. The van der Waals surface area contributed by atoms with E-state index in [4.69, 9.17) is 5.73 Å². The van der Waals surface area contributed by atoms with E-state index < -0.39 is 29.0 Å². The highest BCUT2D eigenvalue weighted by atomic mass is 35.5. The third-order valence-electron chi connectivity index (χ3n) is 3.98. The molecule has 130 valence electrons. The number of carbonyl (C=O) groups is 1. The van der Waals surface area contributed by atoms with E-state index in [1.54, 1.807) is 0 Å². The van der Waals surface area contributed by atoms with Gasteiger partial charge in [-0.25, -0.2) is 4.39 Å². The van der Waals surface area contributed by atoms with E-state index >= 15 is 0 Å². The fraction of sp³-hybridized carbons (Fsp3) is 0.533. The molecule has 2 rings (SSSR count). The molecular formula is C15H19ClF4N2O. The van der Waals surface area contributed by atoms with Crippen molar-refractivity contribution in [2.45, 2.75) is 43.8 Å². The van der Waals surface area contributed by atoms with Gasteiger partial charge < -0.3 is 11.1 Å².